The van der Waals surface area contributed by atoms with E-state index in [1.165, 1.54) is 13.2 Å². The minimum absolute atomic E-state index is 0.213. The molecule has 0 atom stereocenters. The van der Waals surface area contributed by atoms with Crippen molar-refractivity contribution in [3.8, 4) is 0 Å². The Morgan fingerprint density at radius 1 is 1.37 bits per heavy atom. The van der Waals surface area contributed by atoms with Crippen molar-refractivity contribution in [2.45, 2.75) is 6.42 Å². The predicted molar refractivity (Wildman–Crippen MR) is 73.7 cm³/mol. The normalized spacial score (nSPS) is 10.7. The lowest BCUT2D eigenvalue weighted by molar-refractivity contribution is 0.0594. The van der Waals surface area contributed by atoms with Crippen LogP contribution >= 0.6 is 11.6 Å². The third kappa shape index (κ3) is 2.85. The molecule has 1 heterocycles. The number of esters is 1. The fourth-order valence-corrected chi connectivity index (χ4v) is 2.15. The van der Waals surface area contributed by atoms with E-state index in [2.05, 4.69) is 9.72 Å². The summed E-state index contributed by atoms with van der Waals surface area (Å²) < 4.78 is 9.75. The molecular formula is C14H14ClNO3. The van der Waals surface area contributed by atoms with Crippen molar-refractivity contribution in [3.05, 3.63) is 40.5 Å². The number of aromatic nitrogens is 1. The fourth-order valence-electron chi connectivity index (χ4n) is 1.89. The average Bonchev–Trinajstić information content (AvgIpc) is 2.44. The van der Waals surface area contributed by atoms with E-state index in [1.807, 2.05) is 18.2 Å². The number of hydrogen-bond donors (Lipinski definition) is 0. The molecule has 0 aliphatic heterocycles. The molecule has 0 saturated carbocycles. The third-order valence-corrected chi connectivity index (χ3v) is 3.16. The van der Waals surface area contributed by atoms with Gasteiger partial charge >= 0.3 is 5.97 Å². The minimum atomic E-state index is -0.495. The number of rotatable bonds is 4. The molecule has 1 aromatic carbocycles. The van der Waals surface area contributed by atoms with Gasteiger partial charge in [-0.2, -0.15) is 0 Å². The van der Waals surface area contributed by atoms with Crippen molar-refractivity contribution in [1.82, 2.24) is 4.98 Å². The van der Waals surface area contributed by atoms with E-state index in [-0.39, 0.29) is 5.69 Å². The molecular weight excluding hydrogens is 266 g/mol. The molecule has 2 aromatic rings. The molecule has 0 amide bonds. The molecule has 0 aliphatic carbocycles. The quantitative estimate of drug-likeness (QED) is 0.808. The third-order valence-electron chi connectivity index (χ3n) is 2.84. The van der Waals surface area contributed by atoms with Crippen LogP contribution in [0.2, 0.25) is 5.02 Å². The van der Waals surface area contributed by atoms with Gasteiger partial charge in [0.1, 0.15) is 0 Å². The average molecular weight is 280 g/mol. The Balaban J connectivity index is 2.58. The molecule has 0 radical (unpaired) electrons. The van der Waals surface area contributed by atoms with Gasteiger partial charge in [0.15, 0.2) is 5.69 Å². The van der Waals surface area contributed by atoms with Crippen LogP contribution in [0, 0.1) is 0 Å². The second-order valence-corrected chi connectivity index (χ2v) is 4.44. The van der Waals surface area contributed by atoms with E-state index < -0.39 is 5.97 Å². The first-order valence-corrected chi connectivity index (χ1v) is 6.20. The number of hydrogen-bond acceptors (Lipinski definition) is 4. The van der Waals surface area contributed by atoms with Crippen LogP contribution in [0.15, 0.2) is 24.3 Å². The number of carbonyl (C=O) groups is 1. The summed E-state index contributed by atoms with van der Waals surface area (Å²) in [7, 11) is 2.96. The highest BCUT2D eigenvalue weighted by atomic mass is 35.5. The summed E-state index contributed by atoms with van der Waals surface area (Å²) in [6.45, 7) is 0.584. The van der Waals surface area contributed by atoms with Crippen molar-refractivity contribution in [3.63, 3.8) is 0 Å². The second-order valence-electron chi connectivity index (χ2n) is 4.04. The summed E-state index contributed by atoms with van der Waals surface area (Å²) in [5.74, 6) is -0.495. The first-order chi connectivity index (χ1) is 9.17. The van der Waals surface area contributed by atoms with Crippen molar-refractivity contribution in [2.24, 2.45) is 0 Å². The number of para-hydroxylation sites is 1. The Labute approximate surface area is 116 Å². The Bertz CT molecular complexity index is 613. The van der Waals surface area contributed by atoms with Gasteiger partial charge in [-0.25, -0.2) is 9.78 Å². The van der Waals surface area contributed by atoms with Crippen molar-refractivity contribution in [2.75, 3.05) is 20.8 Å². The number of halogens is 1. The maximum Gasteiger partial charge on any atom is 0.356 e. The van der Waals surface area contributed by atoms with Gasteiger partial charge in [0.25, 0.3) is 0 Å². The highest BCUT2D eigenvalue weighted by molar-refractivity contribution is 6.35. The molecule has 0 saturated heterocycles. The molecule has 2 rings (SSSR count). The van der Waals surface area contributed by atoms with Crippen molar-refractivity contribution < 1.29 is 14.3 Å². The van der Waals surface area contributed by atoms with E-state index in [0.29, 0.717) is 23.6 Å². The fraction of sp³-hybridized carbons (Fsp3) is 0.286. The summed E-state index contributed by atoms with van der Waals surface area (Å²) in [5, 5.41) is 1.31. The Hall–Kier alpha value is -1.65. The van der Waals surface area contributed by atoms with E-state index in [9.17, 15) is 4.79 Å². The first kappa shape index (κ1) is 13.8. The zero-order valence-electron chi connectivity index (χ0n) is 10.8. The zero-order valence-corrected chi connectivity index (χ0v) is 11.5. The molecule has 5 heteroatoms. The van der Waals surface area contributed by atoms with Crippen LogP contribution in [0.25, 0.3) is 10.9 Å². The van der Waals surface area contributed by atoms with Gasteiger partial charge in [0, 0.05) is 12.5 Å². The van der Waals surface area contributed by atoms with Crippen LogP contribution in [0.1, 0.15) is 16.1 Å². The largest absolute Gasteiger partial charge is 0.464 e. The van der Waals surface area contributed by atoms with Crippen LogP contribution < -0.4 is 0 Å². The Morgan fingerprint density at radius 2 is 2.16 bits per heavy atom. The Morgan fingerprint density at radius 3 is 2.84 bits per heavy atom. The van der Waals surface area contributed by atoms with Gasteiger partial charge in [-0.3, -0.25) is 0 Å². The Kier molecular flexibility index (Phi) is 4.35. The standard InChI is InChI=1S/C14H14ClNO3/c1-18-7-6-9-4-3-5-10-11(15)8-12(14(17)19-2)16-13(9)10/h3-5,8H,6-7H2,1-2H3. The zero-order chi connectivity index (χ0) is 13.8. The van der Waals surface area contributed by atoms with E-state index in [0.717, 1.165) is 10.9 Å². The van der Waals surface area contributed by atoms with E-state index in [1.54, 1.807) is 7.11 Å². The van der Waals surface area contributed by atoms with E-state index in [4.69, 9.17) is 16.3 Å². The molecule has 4 nitrogen and oxygen atoms in total. The number of methoxy groups -OCH3 is 2. The molecule has 0 N–H and O–H groups in total. The monoisotopic (exact) mass is 279 g/mol. The lowest BCUT2D eigenvalue weighted by atomic mass is 10.1. The molecule has 1 aromatic heterocycles. The van der Waals surface area contributed by atoms with Crippen molar-refractivity contribution in [1.29, 1.82) is 0 Å². The van der Waals surface area contributed by atoms with E-state index >= 15 is 0 Å². The van der Waals surface area contributed by atoms with Gasteiger partial charge in [-0.05, 0) is 18.1 Å². The lowest BCUT2D eigenvalue weighted by Gasteiger charge is -2.08. The maximum atomic E-state index is 11.6. The molecule has 0 fully saturated rings. The van der Waals surface area contributed by atoms with Gasteiger partial charge in [-0.1, -0.05) is 29.8 Å². The molecule has 0 aliphatic rings. The lowest BCUT2D eigenvalue weighted by Crippen LogP contribution is -2.06. The smallest absolute Gasteiger partial charge is 0.356 e. The molecule has 0 unspecified atom stereocenters. The predicted octanol–water partition coefficient (Wildman–Crippen LogP) is 2.86. The molecule has 0 bridgehead atoms. The van der Waals surface area contributed by atoms with Crippen LogP contribution in [0.3, 0.4) is 0 Å². The highest BCUT2D eigenvalue weighted by Crippen LogP contribution is 2.26. The van der Waals surface area contributed by atoms with Gasteiger partial charge in [0.05, 0.1) is 24.3 Å². The molecule has 0 spiro atoms. The maximum absolute atomic E-state index is 11.6. The summed E-state index contributed by atoms with van der Waals surface area (Å²) in [4.78, 5) is 15.9. The molecule has 19 heavy (non-hydrogen) atoms. The van der Waals surface area contributed by atoms with Crippen LogP contribution in [0.4, 0.5) is 0 Å². The number of nitrogens with zero attached hydrogens (tertiary/aromatic N) is 1. The SMILES string of the molecule is COCCc1cccc2c(Cl)cc(C(=O)OC)nc12. The minimum Gasteiger partial charge on any atom is -0.464 e. The number of fused-ring (bicyclic) bond motifs is 1. The van der Waals surface area contributed by atoms with Crippen LogP contribution in [-0.2, 0) is 15.9 Å². The van der Waals surface area contributed by atoms with Gasteiger partial charge in [0.2, 0.25) is 0 Å². The number of pyridine rings is 1. The summed E-state index contributed by atoms with van der Waals surface area (Å²) in [6, 6.07) is 7.27. The summed E-state index contributed by atoms with van der Waals surface area (Å²) >= 11 is 6.19. The highest BCUT2D eigenvalue weighted by Gasteiger charge is 2.13. The number of ether oxygens (including phenoxy) is 2. The number of carbonyl (C=O) groups excluding carboxylic acids is 1. The van der Waals surface area contributed by atoms with Crippen molar-refractivity contribution >= 4 is 28.5 Å². The summed E-state index contributed by atoms with van der Waals surface area (Å²) in [6.07, 6.45) is 0.710. The van der Waals surface area contributed by atoms with Gasteiger partial charge < -0.3 is 9.47 Å². The van der Waals surface area contributed by atoms with Gasteiger partial charge in [-0.15, -0.1) is 0 Å². The second kappa shape index (κ2) is 5.99. The first-order valence-electron chi connectivity index (χ1n) is 5.82. The molecule has 100 valence electrons. The summed E-state index contributed by atoms with van der Waals surface area (Å²) in [5.41, 5.74) is 1.92. The van der Waals surface area contributed by atoms with Crippen LogP contribution in [0.5, 0.6) is 0 Å². The van der Waals surface area contributed by atoms with Crippen LogP contribution in [-0.4, -0.2) is 31.8 Å². The number of benzene rings is 1. The topological polar surface area (TPSA) is 48.4 Å².